The van der Waals surface area contributed by atoms with Gasteiger partial charge in [0.2, 0.25) is 0 Å². The Hall–Kier alpha value is -3.93. The Labute approximate surface area is 253 Å². The quantitative estimate of drug-likeness (QED) is 0.248. The Bertz CT molecular complexity index is 1600. The van der Waals surface area contributed by atoms with Crippen LogP contribution in [0.1, 0.15) is 30.4 Å². The molecular formula is C32H34FN5O4S. The molecule has 2 aliphatic rings. The number of carbonyl (C=O) groups is 2. The Kier molecular flexibility index (Phi) is 8.92. The van der Waals surface area contributed by atoms with E-state index in [0.29, 0.717) is 36.7 Å². The van der Waals surface area contributed by atoms with Crippen LogP contribution in [0.3, 0.4) is 0 Å². The SMILES string of the molecule is O=C(Cc1ccc(Oc2ccnc3cc(-c4ccc(CN5CCN(C(=O)NCCO)CC5)cn4)sc23)c(F)c1)CC1CC1. The number of pyridine rings is 2. The Morgan fingerprint density at radius 2 is 1.84 bits per heavy atom. The van der Waals surface area contributed by atoms with Crippen LogP contribution in [0.15, 0.2) is 54.9 Å². The Balaban J connectivity index is 1.08. The van der Waals surface area contributed by atoms with Crippen LogP contribution in [-0.2, 0) is 17.8 Å². The molecule has 0 radical (unpaired) electrons. The van der Waals surface area contributed by atoms with Crippen molar-refractivity contribution in [2.75, 3.05) is 39.3 Å². The first-order valence-corrected chi connectivity index (χ1v) is 15.4. The molecule has 0 unspecified atom stereocenters. The number of piperazine rings is 1. The highest BCUT2D eigenvalue weighted by Gasteiger charge is 2.24. The van der Waals surface area contributed by atoms with Crippen LogP contribution in [0.2, 0.25) is 0 Å². The van der Waals surface area contributed by atoms with Gasteiger partial charge in [-0.05, 0) is 54.2 Å². The molecule has 2 N–H and O–H groups in total. The number of benzene rings is 1. The molecule has 4 heterocycles. The number of ketones is 1. The van der Waals surface area contributed by atoms with Gasteiger partial charge >= 0.3 is 6.03 Å². The summed E-state index contributed by atoms with van der Waals surface area (Å²) in [6.45, 7) is 3.73. The normalized spacial score (nSPS) is 15.5. The van der Waals surface area contributed by atoms with Crippen molar-refractivity contribution >= 4 is 33.4 Å². The molecule has 3 aromatic heterocycles. The van der Waals surface area contributed by atoms with E-state index in [4.69, 9.17) is 14.8 Å². The number of aromatic nitrogens is 2. The largest absolute Gasteiger partial charge is 0.453 e. The maximum absolute atomic E-state index is 14.9. The van der Waals surface area contributed by atoms with Crippen LogP contribution in [-0.4, -0.2) is 76.0 Å². The summed E-state index contributed by atoms with van der Waals surface area (Å²) < 4.78 is 21.7. The molecule has 1 aliphatic carbocycles. The summed E-state index contributed by atoms with van der Waals surface area (Å²) in [6, 6.07) is 12.3. The van der Waals surface area contributed by atoms with E-state index in [0.717, 1.165) is 58.8 Å². The smallest absolute Gasteiger partial charge is 0.317 e. The molecule has 2 fully saturated rings. The van der Waals surface area contributed by atoms with E-state index in [1.165, 1.54) is 17.4 Å². The van der Waals surface area contributed by atoms with E-state index in [2.05, 4.69) is 21.3 Å². The highest BCUT2D eigenvalue weighted by Crippen LogP contribution is 2.39. The monoisotopic (exact) mass is 603 g/mol. The summed E-state index contributed by atoms with van der Waals surface area (Å²) in [5.74, 6) is 0.791. The van der Waals surface area contributed by atoms with Gasteiger partial charge in [-0.3, -0.25) is 19.7 Å². The van der Waals surface area contributed by atoms with Gasteiger partial charge in [0.25, 0.3) is 0 Å². The molecule has 6 rings (SSSR count). The number of hydrogen-bond donors (Lipinski definition) is 2. The second-order valence-corrected chi connectivity index (χ2v) is 12.2. The number of nitrogens with zero attached hydrogens (tertiary/aromatic N) is 4. The zero-order valence-electron chi connectivity index (χ0n) is 23.8. The maximum Gasteiger partial charge on any atom is 0.317 e. The lowest BCUT2D eigenvalue weighted by Crippen LogP contribution is -2.51. The zero-order chi connectivity index (χ0) is 29.8. The minimum atomic E-state index is -0.498. The number of aliphatic hydroxyl groups is 1. The fourth-order valence-electron chi connectivity index (χ4n) is 5.23. The first-order valence-electron chi connectivity index (χ1n) is 14.6. The zero-order valence-corrected chi connectivity index (χ0v) is 24.6. The minimum absolute atomic E-state index is 0.0684. The predicted molar refractivity (Wildman–Crippen MR) is 163 cm³/mol. The van der Waals surface area contributed by atoms with E-state index in [1.807, 2.05) is 18.3 Å². The van der Waals surface area contributed by atoms with Crippen molar-refractivity contribution in [3.63, 3.8) is 0 Å². The average molecular weight is 604 g/mol. The summed E-state index contributed by atoms with van der Waals surface area (Å²) >= 11 is 1.49. The third-order valence-electron chi connectivity index (χ3n) is 7.74. The van der Waals surface area contributed by atoms with Gasteiger partial charge in [0.1, 0.15) is 11.5 Å². The molecule has 0 bridgehead atoms. The summed E-state index contributed by atoms with van der Waals surface area (Å²) in [6.07, 6.45) is 6.58. The van der Waals surface area contributed by atoms with E-state index >= 15 is 0 Å². The lowest BCUT2D eigenvalue weighted by atomic mass is 10.0. The maximum atomic E-state index is 14.9. The number of Topliss-reactive ketones (excluding diaryl/α,β-unsaturated/α-hetero) is 1. The fraction of sp³-hybridized carbons (Fsp3) is 0.375. The van der Waals surface area contributed by atoms with Crippen molar-refractivity contribution in [1.82, 2.24) is 25.1 Å². The van der Waals surface area contributed by atoms with Crippen molar-refractivity contribution in [1.29, 1.82) is 0 Å². The molecule has 1 saturated carbocycles. The standard InChI is InChI=1S/C32H34FN5O4S/c33-25-17-22(16-24(40)15-21-1-2-21)4-6-28(25)42-29-7-8-34-27-18-30(43-31(27)29)26-5-3-23(19-36-26)20-37-10-12-38(13-11-37)32(41)35-9-14-39/h3-8,17-19,21,39H,1-2,9-16,20H2,(H,35,41). The van der Waals surface area contributed by atoms with Crippen LogP contribution < -0.4 is 10.1 Å². The van der Waals surface area contributed by atoms with Crippen molar-refractivity contribution in [2.24, 2.45) is 5.92 Å². The average Bonchev–Trinajstić information content (AvgIpc) is 3.71. The van der Waals surface area contributed by atoms with Crippen LogP contribution in [0.25, 0.3) is 20.8 Å². The highest BCUT2D eigenvalue weighted by molar-refractivity contribution is 7.22. The molecule has 0 atom stereocenters. The summed E-state index contributed by atoms with van der Waals surface area (Å²) in [5.41, 5.74) is 3.30. The number of carbonyl (C=O) groups excluding carboxylic acids is 2. The van der Waals surface area contributed by atoms with Gasteiger partial charge in [-0.2, -0.15) is 0 Å². The number of urea groups is 1. The summed E-state index contributed by atoms with van der Waals surface area (Å²) in [5, 5.41) is 11.6. The van der Waals surface area contributed by atoms with E-state index in [-0.39, 0.29) is 37.1 Å². The third-order valence-corrected chi connectivity index (χ3v) is 8.90. The van der Waals surface area contributed by atoms with Crippen LogP contribution in [0.4, 0.5) is 9.18 Å². The molecule has 43 heavy (non-hydrogen) atoms. The molecule has 224 valence electrons. The van der Waals surface area contributed by atoms with Crippen molar-refractivity contribution < 1.29 is 23.8 Å². The summed E-state index contributed by atoms with van der Waals surface area (Å²) in [7, 11) is 0. The van der Waals surface area contributed by atoms with Crippen LogP contribution in [0.5, 0.6) is 11.5 Å². The minimum Gasteiger partial charge on any atom is -0.453 e. The number of ether oxygens (including phenoxy) is 1. The highest BCUT2D eigenvalue weighted by atomic mass is 32.1. The van der Waals surface area contributed by atoms with Crippen molar-refractivity contribution in [3.05, 3.63) is 71.8 Å². The lowest BCUT2D eigenvalue weighted by Gasteiger charge is -2.34. The van der Waals surface area contributed by atoms with Gasteiger partial charge in [-0.1, -0.05) is 12.1 Å². The number of fused-ring (bicyclic) bond motifs is 1. The molecule has 1 aromatic carbocycles. The number of nitrogens with one attached hydrogen (secondary N) is 1. The Morgan fingerprint density at radius 1 is 1.02 bits per heavy atom. The van der Waals surface area contributed by atoms with Crippen LogP contribution in [0, 0.1) is 11.7 Å². The molecule has 4 aromatic rings. The van der Waals surface area contributed by atoms with Crippen molar-refractivity contribution in [2.45, 2.75) is 32.2 Å². The molecule has 2 amide bonds. The summed E-state index contributed by atoms with van der Waals surface area (Å²) in [4.78, 5) is 38.5. The van der Waals surface area contributed by atoms with E-state index in [1.54, 1.807) is 29.3 Å². The number of thiophene rings is 1. The first kappa shape index (κ1) is 29.2. The number of halogens is 1. The third kappa shape index (κ3) is 7.35. The van der Waals surface area contributed by atoms with Gasteiger partial charge in [0.15, 0.2) is 11.6 Å². The van der Waals surface area contributed by atoms with E-state index in [9.17, 15) is 14.0 Å². The number of aliphatic hydroxyl groups excluding tert-OH is 1. The Morgan fingerprint density at radius 3 is 2.56 bits per heavy atom. The van der Waals surface area contributed by atoms with E-state index < -0.39 is 5.82 Å². The predicted octanol–water partition coefficient (Wildman–Crippen LogP) is 5.02. The van der Waals surface area contributed by atoms with Gasteiger partial charge in [-0.25, -0.2) is 9.18 Å². The molecule has 11 heteroatoms. The molecule has 9 nitrogen and oxygen atoms in total. The number of amides is 2. The second kappa shape index (κ2) is 13.2. The topological polar surface area (TPSA) is 108 Å². The molecular weight excluding hydrogens is 569 g/mol. The molecule has 0 spiro atoms. The van der Waals surface area contributed by atoms with Gasteiger partial charge in [0, 0.05) is 70.6 Å². The van der Waals surface area contributed by atoms with Crippen LogP contribution >= 0.6 is 11.3 Å². The number of rotatable bonds is 11. The second-order valence-electron chi connectivity index (χ2n) is 11.1. The van der Waals surface area contributed by atoms with Gasteiger partial charge in [-0.15, -0.1) is 11.3 Å². The fourth-order valence-corrected chi connectivity index (χ4v) is 6.27. The van der Waals surface area contributed by atoms with Gasteiger partial charge in [0.05, 0.1) is 27.4 Å². The molecule has 1 saturated heterocycles. The van der Waals surface area contributed by atoms with Crippen molar-refractivity contribution in [3.8, 4) is 22.1 Å². The molecule has 1 aliphatic heterocycles. The lowest BCUT2D eigenvalue weighted by molar-refractivity contribution is -0.118. The number of hydrogen-bond acceptors (Lipinski definition) is 8. The van der Waals surface area contributed by atoms with Gasteiger partial charge < -0.3 is 20.1 Å². The first-order chi connectivity index (χ1) is 20.9.